The van der Waals surface area contributed by atoms with Crippen LogP contribution in [0.2, 0.25) is 0 Å². The highest BCUT2D eigenvalue weighted by Gasteiger charge is 2.04. The molecule has 0 bridgehead atoms. The van der Waals surface area contributed by atoms with Gasteiger partial charge in [0, 0.05) is 18.7 Å². The molecule has 1 N–H and O–H groups in total. The van der Waals surface area contributed by atoms with Crippen molar-refractivity contribution < 1.29 is 5.11 Å². The second-order valence-electron chi connectivity index (χ2n) is 4.14. The Bertz CT molecular complexity index is 459. The van der Waals surface area contributed by atoms with Crippen molar-refractivity contribution in [3.8, 4) is 5.69 Å². The summed E-state index contributed by atoms with van der Waals surface area (Å²) < 4.78 is 1.85. The van der Waals surface area contributed by atoms with Crippen LogP contribution in [-0.4, -0.2) is 21.5 Å². The van der Waals surface area contributed by atoms with Gasteiger partial charge in [0.2, 0.25) is 0 Å². The van der Waals surface area contributed by atoms with E-state index in [0.717, 1.165) is 16.8 Å². The third kappa shape index (κ3) is 2.14. The zero-order valence-corrected chi connectivity index (χ0v) is 9.59. The van der Waals surface area contributed by atoms with Gasteiger partial charge in [-0.05, 0) is 30.2 Å². The molecule has 3 heteroatoms. The molecule has 1 aromatic carbocycles. The Morgan fingerprint density at radius 2 is 2.00 bits per heavy atom. The number of aliphatic hydroxyl groups is 1. The van der Waals surface area contributed by atoms with Crippen molar-refractivity contribution in [2.24, 2.45) is 0 Å². The summed E-state index contributed by atoms with van der Waals surface area (Å²) in [5, 5.41) is 13.3. The molecule has 0 aliphatic heterocycles. The van der Waals surface area contributed by atoms with Crippen LogP contribution in [0.15, 0.2) is 36.7 Å². The molecule has 0 aliphatic rings. The number of aryl methyl sites for hydroxylation is 1. The Morgan fingerprint density at radius 1 is 1.31 bits per heavy atom. The molecule has 1 aromatic heterocycles. The molecule has 1 atom stereocenters. The summed E-state index contributed by atoms with van der Waals surface area (Å²) in [6.45, 7) is 4.21. The lowest BCUT2D eigenvalue weighted by Crippen LogP contribution is -2.00. The second kappa shape index (κ2) is 4.49. The average molecular weight is 216 g/mol. The van der Waals surface area contributed by atoms with Gasteiger partial charge in [0.05, 0.1) is 11.9 Å². The maximum atomic E-state index is 9.06. The number of aromatic nitrogens is 2. The van der Waals surface area contributed by atoms with Crippen molar-refractivity contribution in [1.29, 1.82) is 0 Å². The van der Waals surface area contributed by atoms with E-state index < -0.39 is 0 Å². The fraction of sp³-hybridized carbons (Fsp3) is 0.308. The summed E-state index contributed by atoms with van der Waals surface area (Å²) in [6, 6.07) is 8.11. The standard InChI is InChI=1S/C13H16N2O/c1-10-7-14-15(8-10)13-5-3-12(4-6-13)11(2)9-16/h3-8,11,16H,9H2,1-2H3. The van der Waals surface area contributed by atoms with Gasteiger partial charge >= 0.3 is 0 Å². The molecule has 0 saturated carbocycles. The first kappa shape index (κ1) is 10.9. The molecular formula is C13H16N2O. The summed E-state index contributed by atoms with van der Waals surface area (Å²) in [4.78, 5) is 0. The normalized spacial score (nSPS) is 12.7. The van der Waals surface area contributed by atoms with Crippen molar-refractivity contribution >= 4 is 0 Å². The third-order valence-corrected chi connectivity index (χ3v) is 2.71. The molecular weight excluding hydrogens is 200 g/mol. The summed E-state index contributed by atoms with van der Waals surface area (Å²) >= 11 is 0. The van der Waals surface area contributed by atoms with Gasteiger partial charge in [0.15, 0.2) is 0 Å². The smallest absolute Gasteiger partial charge is 0.0645 e. The minimum Gasteiger partial charge on any atom is -0.396 e. The minimum absolute atomic E-state index is 0.181. The van der Waals surface area contributed by atoms with E-state index in [4.69, 9.17) is 5.11 Å². The Balaban J connectivity index is 2.25. The predicted octanol–water partition coefficient (Wildman–Crippen LogP) is 2.28. The first-order valence-electron chi connectivity index (χ1n) is 5.43. The molecule has 0 spiro atoms. The first-order chi connectivity index (χ1) is 7.70. The van der Waals surface area contributed by atoms with E-state index >= 15 is 0 Å². The molecule has 0 saturated heterocycles. The van der Waals surface area contributed by atoms with Gasteiger partial charge in [-0.1, -0.05) is 19.1 Å². The molecule has 2 rings (SSSR count). The van der Waals surface area contributed by atoms with Gasteiger partial charge in [-0.15, -0.1) is 0 Å². The number of aliphatic hydroxyl groups excluding tert-OH is 1. The van der Waals surface area contributed by atoms with E-state index in [1.807, 2.05) is 55.2 Å². The van der Waals surface area contributed by atoms with Crippen LogP contribution in [0.3, 0.4) is 0 Å². The lowest BCUT2D eigenvalue weighted by atomic mass is 10.0. The third-order valence-electron chi connectivity index (χ3n) is 2.71. The van der Waals surface area contributed by atoms with Gasteiger partial charge < -0.3 is 5.11 Å². The Morgan fingerprint density at radius 3 is 2.50 bits per heavy atom. The monoisotopic (exact) mass is 216 g/mol. The summed E-state index contributed by atoms with van der Waals surface area (Å²) in [5.41, 5.74) is 3.34. The molecule has 2 aromatic rings. The summed E-state index contributed by atoms with van der Waals surface area (Å²) in [5.74, 6) is 0.188. The number of benzene rings is 1. The van der Waals surface area contributed by atoms with Crippen LogP contribution >= 0.6 is 0 Å². The predicted molar refractivity (Wildman–Crippen MR) is 63.8 cm³/mol. The van der Waals surface area contributed by atoms with Crippen LogP contribution in [0.1, 0.15) is 24.0 Å². The Labute approximate surface area is 95.3 Å². The molecule has 0 fully saturated rings. The molecule has 1 heterocycles. The summed E-state index contributed by atoms with van der Waals surface area (Å²) in [7, 11) is 0. The number of hydrogen-bond acceptors (Lipinski definition) is 2. The van der Waals surface area contributed by atoms with Gasteiger partial charge in [-0.25, -0.2) is 4.68 Å². The molecule has 1 unspecified atom stereocenters. The van der Waals surface area contributed by atoms with Crippen LogP contribution in [0, 0.1) is 6.92 Å². The van der Waals surface area contributed by atoms with E-state index in [1.54, 1.807) is 0 Å². The molecule has 16 heavy (non-hydrogen) atoms. The molecule has 84 valence electrons. The van der Waals surface area contributed by atoms with E-state index in [9.17, 15) is 0 Å². The van der Waals surface area contributed by atoms with Gasteiger partial charge in [-0.2, -0.15) is 5.10 Å². The highest BCUT2D eigenvalue weighted by Crippen LogP contribution is 2.16. The fourth-order valence-electron chi connectivity index (χ4n) is 1.62. The molecule has 3 nitrogen and oxygen atoms in total. The lowest BCUT2D eigenvalue weighted by molar-refractivity contribution is 0.273. The summed E-state index contributed by atoms with van der Waals surface area (Å²) in [6.07, 6.45) is 3.83. The highest BCUT2D eigenvalue weighted by atomic mass is 16.3. The highest BCUT2D eigenvalue weighted by molar-refractivity contribution is 5.35. The largest absolute Gasteiger partial charge is 0.396 e. The number of nitrogens with zero attached hydrogens (tertiary/aromatic N) is 2. The van der Waals surface area contributed by atoms with Crippen LogP contribution in [0.5, 0.6) is 0 Å². The SMILES string of the molecule is Cc1cnn(-c2ccc(C(C)CO)cc2)c1. The molecule has 0 radical (unpaired) electrons. The van der Waals surface area contributed by atoms with E-state index in [0.29, 0.717) is 0 Å². The van der Waals surface area contributed by atoms with E-state index in [2.05, 4.69) is 5.10 Å². The van der Waals surface area contributed by atoms with Gasteiger partial charge in [0.25, 0.3) is 0 Å². The average Bonchev–Trinajstić information content (AvgIpc) is 2.75. The van der Waals surface area contributed by atoms with Crippen LogP contribution in [0.4, 0.5) is 0 Å². The molecule has 0 amide bonds. The number of hydrogen-bond donors (Lipinski definition) is 1. The van der Waals surface area contributed by atoms with Crippen molar-refractivity contribution in [1.82, 2.24) is 9.78 Å². The minimum atomic E-state index is 0.181. The zero-order chi connectivity index (χ0) is 11.5. The van der Waals surface area contributed by atoms with Crippen LogP contribution in [-0.2, 0) is 0 Å². The van der Waals surface area contributed by atoms with Crippen molar-refractivity contribution in [3.05, 3.63) is 47.8 Å². The Kier molecular flexibility index (Phi) is 3.06. The topological polar surface area (TPSA) is 38.0 Å². The quantitative estimate of drug-likeness (QED) is 0.854. The van der Waals surface area contributed by atoms with Gasteiger partial charge in [-0.3, -0.25) is 0 Å². The first-order valence-corrected chi connectivity index (χ1v) is 5.43. The van der Waals surface area contributed by atoms with Crippen LogP contribution < -0.4 is 0 Å². The molecule has 0 aliphatic carbocycles. The maximum Gasteiger partial charge on any atom is 0.0645 e. The van der Waals surface area contributed by atoms with Crippen molar-refractivity contribution in [2.45, 2.75) is 19.8 Å². The van der Waals surface area contributed by atoms with Crippen molar-refractivity contribution in [2.75, 3.05) is 6.61 Å². The van der Waals surface area contributed by atoms with E-state index in [-0.39, 0.29) is 12.5 Å². The van der Waals surface area contributed by atoms with Crippen molar-refractivity contribution in [3.63, 3.8) is 0 Å². The zero-order valence-electron chi connectivity index (χ0n) is 9.59. The van der Waals surface area contributed by atoms with Crippen LogP contribution in [0.25, 0.3) is 5.69 Å². The van der Waals surface area contributed by atoms with Gasteiger partial charge in [0.1, 0.15) is 0 Å². The second-order valence-corrected chi connectivity index (χ2v) is 4.14. The maximum absolute atomic E-state index is 9.06. The lowest BCUT2D eigenvalue weighted by Gasteiger charge is -2.09. The van der Waals surface area contributed by atoms with E-state index in [1.165, 1.54) is 0 Å². The number of rotatable bonds is 3. The fourth-order valence-corrected chi connectivity index (χ4v) is 1.62. The Hall–Kier alpha value is -1.61.